The van der Waals surface area contributed by atoms with Crippen LogP contribution in [0.15, 0.2) is 89.7 Å². The zero-order valence-electron chi connectivity index (χ0n) is 15.8. The van der Waals surface area contributed by atoms with Gasteiger partial charge >= 0.3 is 0 Å². The van der Waals surface area contributed by atoms with Crippen molar-refractivity contribution in [2.24, 2.45) is 0 Å². The van der Waals surface area contributed by atoms with Gasteiger partial charge in [-0.15, -0.1) is 5.10 Å². The van der Waals surface area contributed by atoms with Gasteiger partial charge in [0.2, 0.25) is 4.96 Å². The maximum atomic E-state index is 13.1. The average molecular weight is 405 g/mol. The molecule has 0 aliphatic carbocycles. The van der Waals surface area contributed by atoms with Crippen LogP contribution in [0.5, 0.6) is 0 Å². The lowest BCUT2D eigenvalue weighted by Crippen LogP contribution is -2.23. The molecule has 0 N–H and O–H groups in total. The van der Waals surface area contributed by atoms with Gasteiger partial charge in [0, 0.05) is 5.56 Å². The van der Waals surface area contributed by atoms with Crippen molar-refractivity contribution < 1.29 is 0 Å². The van der Waals surface area contributed by atoms with Gasteiger partial charge in [0.25, 0.3) is 5.56 Å². The molecule has 4 nitrogen and oxygen atoms in total. The van der Waals surface area contributed by atoms with E-state index in [1.807, 2.05) is 60.7 Å². The minimum Gasteiger partial charge on any atom is -0.266 e. The lowest BCUT2D eigenvalue weighted by Gasteiger charge is -2.07. The van der Waals surface area contributed by atoms with E-state index in [0.717, 1.165) is 32.7 Å². The Labute approximate surface area is 175 Å². The molecule has 2 aromatic heterocycles. The minimum atomic E-state index is -0.137. The number of nitrogens with zero attached hydrogens (tertiary/aromatic N) is 3. The first kappa shape index (κ1) is 17.1. The highest BCUT2D eigenvalue weighted by molar-refractivity contribution is 7.15. The van der Waals surface area contributed by atoms with Gasteiger partial charge in [-0.3, -0.25) is 4.79 Å². The molecule has 0 saturated heterocycles. The van der Waals surface area contributed by atoms with Crippen LogP contribution in [0.2, 0.25) is 0 Å². The smallest absolute Gasteiger partial charge is 0.266 e. The number of aromatic nitrogens is 3. The van der Waals surface area contributed by atoms with Crippen molar-refractivity contribution in [3.05, 3.63) is 105 Å². The summed E-state index contributed by atoms with van der Waals surface area (Å²) in [5, 5.41) is 9.01. The van der Waals surface area contributed by atoms with Crippen LogP contribution in [-0.4, -0.2) is 14.6 Å². The SMILES string of the molecule is O=c1/c(=C/c2c3ccccc3cc3ccccc23)sc2nc(-c3ccccc3)nn12. The molecule has 0 aliphatic heterocycles. The van der Waals surface area contributed by atoms with Gasteiger partial charge in [0.05, 0.1) is 4.53 Å². The largest absolute Gasteiger partial charge is 0.291 e. The number of hydrogen-bond acceptors (Lipinski definition) is 4. The number of hydrogen-bond donors (Lipinski definition) is 0. The summed E-state index contributed by atoms with van der Waals surface area (Å²) in [6.45, 7) is 0. The molecule has 4 aromatic carbocycles. The molecular formula is C25H15N3OS. The van der Waals surface area contributed by atoms with Crippen LogP contribution in [-0.2, 0) is 0 Å². The molecule has 0 bridgehead atoms. The van der Waals surface area contributed by atoms with Crippen LogP contribution in [0, 0.1) is 0 Å². The molecule has 30 heavy (non-hydrogen) atoms. The predicted molar refractivity (Wildman–Crippen MR) is 123 cm³/mol. The summed E-state index contributed by atoms with van der Waals surface area (Å²) in [6, 6.07) is 28.4. The van der Waals surface area contributed by atoms with E-state index in [-0.39, 0.29) is 5.56 Å². The summed E-state index contributed by atoms with van der Waals surface area (Å²) in [7, 11) is 0. The number of benzene rings is 4. The van der Waals surface area contributed by atoms with Crippen molar-refractivity contribution in [3.8, 4) is 11.4 Å². The van der Waals surface area contributed by atoms with Crippen LogP contribution in [0.4, 0.5) is 0 Å². The highest BCUT2D eigenvalue weighted by atomic mass is 32.1. The van der Waals surface area contributed by atoms with Gasteiger partial charge in [-0.2, -0.15) is 9.50 Å². The van der Waals surface area contributed by atoms with Crippen molar-refractivity contribution in [2.45, 2.75) is 0 Å². The zero-order valence-corrected chi connectivity index (χ0v) is 16.6. The average Bonchev–Trinajstić information content (AvgIpc) is 3.33. The maximum absolute atomic E-state index is 13.1. The monoisotopic (exact) mass is 405 g/mol. The highest BCUT2D eigenvalue weighted by Gasteiger charge is 2.13. The fraction of sp³-hybridized carbons (Fsp3) is 0. The molecule has 142 valence electrons. The maximum Gasteiger partial charge on any atom is 0.291 e. The second kappa shape index (κ2) is 6.61. The third-order valence-electron chi connectivity index (χ3n) is 5.30. The van der Waals surface area contributed by atoms with E-state index in [9.17, 15) is 4.79 Å². The second-order valence-electron chi connectivity index (χ2n) is 7.14. The first-order valence-corrected chi connectivity index (χ1v) is 10.5. The van der Waals surface area contributed by atoms with E-state index >= 15 is 0 Å². The topological polar surface area (TPSA) is 47.3 Å². The van der Waals surface area contributed by atoms with Gasteiger partial charge < -0.3 is 0 Å². The third kappa shape index (κ3) is 2.64. The Kier molecular flexibility index (Phi) is 3.76. The molecule has 0 unspecified atom stereocenters. The Morgan fingerprint density at radius 2 is 1.43 bits per heavy atom. The highest BCUT2D eigenvalue weighted by Crippen LogP contribution is 2.29. The lowest BCUT2D eigenvalue weighted by atomic mass is 9.97. The summed E-state index contributed by atoms with van der Waals surface area (Å²) in [6.07, 6.45) is 1.98. The molecule has 0 saturated carbocycles. The molecule has 0 amide bonds. The predicted octanol–water partition coefficient (Wildman–Crippen LogP) is 4.67. The second-order valence-corrected chi connectivity index (χ2v) is 8.15. The summed E-state index contributed by atoms with van der Waals surface area (Å²) < 4.78 is 2.04. The molecule has 5 heteroatoms. The molecule has 0 spiro atoms. The van der Waals surface area contributed by atoms with E-state index in [4.69, 9.17) is 0 Å². The Hall–Kier alpha value is -3.83. The quantitative estimate of drug-likeness (QED) is 0.393. The third-order valence-corrected chi connectivity index (χ3v) is 6.26. The summed E-state index contributed by atoms with van der Waals surface area (Å²) in [5.74, 6) is 0.570. The van der Waals surface area contributed by atoms with E-state index in [0.29, 0.717) is 15.3 Å². The molecule has 0 aliphatic rings. The van der Waals surface area contributed by atoms with E-state index in [2.05, 4.69) is 40.4 Å². The summed E-state index contributed by atoms with van der Waals surface area (Å²) >= 11 is 1.37. The molecule has 0 radical (unpaired) electrons. The van der Waals surface area contributed by atoms with Crippen LogP contribution in [0.25, 0.3) is 44.0 Å². The van der Waals surface area contributed by atoms with Crippen molar-refractivity contribution in [1.82, 2.24) is 14.6 Å². The number of fused-ring (bicyclic) bond motifs is 3. The molecule has 0 atom stereocenters. The fourth-order valence-electron chi connectivity index (χ4n) is 3.88. The minimum absolute atomic E-state index is 0.137. The van der Waals surface area contributed by atoms with Crippen LogP contribution in [0.1, 0.15) is 5.56 Å². The van der Waals surface area contributed by atoms with Crippen molar-refractivity contribution in [2.75, 3.05) is 0 Å². The Morgan fingerprint density at radius 3 is 2.10 bits per heavy atom. The van der Waals surface area contributed by atoms with Gasteiger partial charge in [0.15, 0.2) is 5.82 Å². The summed E-state index contributed by atoms with van der Waals surface area (Å²) in [4.78, 5) is 18.3. The zero-order chi connectivity index (χ0) is 20.1. The number of rotatable bonds is 2. The number of thiazole rings is 1. The first-order valence-electron chi connectivity index (χ1n) is 9.65. The Bertz CT molecular complexity index is 1610. The lowest BCUT2D eigenvalue weighted by molar-refractivity contribution is 0.937. The van der Waals surface area contributed by atoms with Gasteiger partial charge in [-0.1, -0.05) is 90.2 Å². The van der Waals surface area contributed by atoms with E-state index in [1.54, 1.807) is 0 Å². The standard InChI is InChI=1S/C25H15N3OS/c29-24-22(30-25-26-23(27-28(24)25)16-8-2-1-3-9-16)15-21-19-12-6-4-10-17(19)14-18-11-5-7-13-20(18)21/h1-15H/b22-15-. The normalized spacial score (nSPS) is 12.3. The Morgan fingerprint density at radius 1 is 0.800 bits per heavy atom. The molecule has 6 aromatic rings. The Balaban J connectivity index is 1.61. The first-order chi connectivity index (χ1) is 14.8. The van der Waals surface area contributed by atoms with E-state index < -0.39 is 0 Å². The van der Waals surface area contributed by atoms with Gasteiger partial charge in [-0.05, 0) is 39.3 Å². The van der Waals surface area contributed by atoms with Crippen LogP contribution >= 0.6 is 11.3 Å². The molecule has 0 fully saturated rings. The fourth-order valence-corrected chi connectivity index (χ4v) is 4.77. The van der Waals surface area contributed by atoms with Crippen molar-refractivity contribution in [1.29, 1.82) is 0 Å². The molecular weight excluding hydrogens is 390 g/mol. The van der Waals surface area contributed by atoms with Gasteiger partial charge in [-0.25, -0.2) is 0 Å². The van der Waals surface area contributed by atoms with Crippen molar-refractivity contribution >= 4 is 43.9 Å². The summed E-state index contributed by atoms with van der Waals surface area (Å²) in [5.41, 5.74) is 1.81. The van der Waals surface area contributed by atoms with Crippen molar-refractivity contribution in [3.63, 3.8) is 0 Å². The molecule has 2 heterocycles. The van der Waals surface area contributed by atoms with Crippen LogP contribution < -0.4 is 10.1 Å². The molecule has 6 rings (SSSR count). The van der Waals surface area contributed by atoms with Gasteiger partial charge in [0.1, 0.15) is 0 Å². The van der Waals surface area contributed by atoms with E-state index in [1.165, 1.54) is 15.9 Å². The van der Waals surface area contributed by atoms with Crippen LogP contribution in [0.3, 0.4) is 0 Å².